The molecule has 0 saturated heterocycles. The first kappa shape index (κ1) is 15.1. The monoisotopic (exact) mass is 330 g/mol. The summed E-state index contributed by atoms with van der Waals surface area (Å²) in [6.07, 6.45) is 0. The fourth-order valence-corrected chi connectivity index (χ4v) is 2.77. The van der Waals surface area contributed by atoms with Gasteiger partial charge in [-0.05, 0) is 37.3 Å². The predicted octanol–water partition coefficient (Wildman–Crippen LogP) is 3.90. The molecule has 122 valence electrons. The van der Waals surface area contributed by atoms with Crippen molar-refractivity contribution < 1.29 is 9.21 Å². The SMILES string of the molecule is Cc1nc2oc3ccccc3c(=O)c2cc1C(=O)Nc1ccccc1. The minimum absolute atomic E-state index is 0.196. The van der Waals surface area contributed by atoms with Gasteiger partial charge >= 0.3 is 0 Å². The average Bonchev–Trinajstić information content (AvgIpc) is 2.62. The van der Waals surface area contributed by atoms with Crippen LogP contribution in [0.3, 0.4) is 0 Å². The van der Waals surface area contributed by atoms with Gasteiger partial charge in [0.25, 0.3) is 5.91 Å². The van der Waals surface area contributed by atoms with Gasteiger partial charge in [-0.3, -0.25) is 9.59 Å². The fourth-order valence-electron chi connectivity index (χ4n) is 2.77. The first-order valence-electron chi connectivity index (χ1n) is 7.83. The van der Waals surface area contributed by atoms with Gasteiger partial charge in [-0.2, -0.15) is 0 Å². The molecule has 0 atom stereocenters. The predicted molar refractivity (Wildman–Crippen MR) is 96.9 cm³/mol. The van der Waals surface area contributed by atoms with Crippen molar-refractivity contribution in [3.8, 4) is 0 Å². The topological polar surface area (TPSA) is 72.2 Å². The molecule has 0 saturated carbocycles. The number of nitrogens with one attached hydrogen (secondary N) is 1. The molecule has 5 nitrogen and oxygen atoms in total. The van der Waals surface area contributed by atoms with E-state index in [0.29, 0.717) is 33.3 Å². The van der Waals surface area contributed by atoms with Gasteiger partial charge in [0.15, 0.2) is 0 Å². The second kappa shape index (κ2) is 5.87. The van der Waals surface area contributed by atoms with E-state index in [4.69, 9.17) is 4.42 Å². The number of nitrogens with zero attached hydrogens (tertiary/aromatic N) is 1. The number of rotatable bonds is 2. The Bertz CT molecular complexity index is 1160. The van der Waals surface area contributed by atoms with Crippen LogP contribution in [0.1, 0.15) is 16.1 Å². The lowest BCUT2D eigenvalue weighted by Crippen LogP contribution is -2.15. The first-order valence-corrected chi connectivity index (χ1v) is 7.83. The second-order valence-corrected chi connectivity index (χ2v) is 5.72. The number of anilines is 1. The highest BCUT2D eigenvalue weighted by molar-refractivity contribution is 6.06. The van der Waals surface area contributed by atoms with Crippen LogP contribution in [0.25, 0.3) is 22.1 Å². The zero-order valence-electron chi connectivity index (χ0n) is 13.4. The summed E-state index contributed by atoms with van der Waals surface area (Å²) in [4.78, 5) is 29.6. The van der Waals surface area contributed by atoms with Gasteiger partial charge in [0.1, 0.15) is 5.58 Å². The molecule has 0 radical (unpaired) electrons. The van der Waals surface area contributed by atoms with Crippen LogP contribution < -0.4 is 10.7 Å². The summed E-state index contributed by atoms with van der Waals surface area (Å²) in [7, 11) is 0. The van der Waals surface area contributed by atoms with Crippen molar-refractivity contribution in [2.45, 2.75) is 6.92 Å². The quantitative estimate of drug-likeness (QED) is 0.566. The van der Waals surface area contributed by atoms with Crippen molar-refractivity contribution in [3.63, 3.8) is 0 Å². The van der Waals surface area contributed by atoms with Crippen molar-refractivity contribution in [3.05, 3.63) is 82.1 Å². The van der Waals surface area contributed by atoms with Crippen LogP contribution in [0.15, 0.2) is 69.9 Å². The van der Waals surface area contributed by atoms with Crippen LogP contribution in [0, 0.1) is 6.92 Å². The standard InChI is InChI=1S/C20H14N2O3/c1-12-15(19(24)22-13-7-3-2-4-8-13)11-16-18(23)14-9-5-6-10-17(14)25-20(16)21-12/h2-11H,1H3,(H,22,24). The van der Waals surface area contributed by atoms with Crippen molar-refractivity contribution in [2.24, 2.45) is 0 Å². The number of fused-ring (bicyclic) bond motifs is 2. The molecule has 0 bridgehead atoms. The summed E-state index contributed by atoms with van der Waals surface area (Å²) in [5.74, 6) is -0.314. The van der Waals surface area contributed by atoms with Crippen molar-refractivity contribution >= 4 is 33.7 Å². The highest BCUT2D eigenvalue weighted by Crippen LogP contribution is 2.20. The van der Waals surface area contributed by atoms with Crippen LogP contribution in [0.4, 0.5) is 5.69 Å². The largest absolute Gasteiger partial charge is 0.437 e. The van der Waals surface area contributed by atoms with E-state index in [1.807, 2.05) is 18.2 Å². The lowest BCUT2D eigenvalue weighted by Gasteiger charge is -2.08. The van der Waals surface area contributed by atoms with Gasteiger partial charge in [-0.25, -0.2) is 4.98 Å². The summed E-state index contributed by atoms with van der Waals surface area (Å²) in [6, 6.07) is 17.7. The van der Waals surface area contributed by atoms with Gasteiger partial charge in [0.2, 0.25) is 11.1 Å². The lowest BCUT2D eigenvalue weighted by atomic mass is 10.1. The molecule has 2 heterocycles. The Labute approximate surface area is 142 Å². The summed E-state index contributed by atoms with van der Waals surface area (Å²) in [5, 5.41) is 3.57. The molecule has 4 aromatic rings. The average molecular weight is 330 g/mol. The third kappa shape index (κ3) is 2.65. The van der Waals surface area contributed by atoms with Crippen LogP contribution in [-0.2, 0) is 0 Å². The maximum absolute atomic E-state index is 12.7. The van der Waals surface area contributed by atoms with Crippen LogP contribution in [0.2, 0.25) is 0 Å². The first-order chi connectivity index (χ1) is 12.1. The molecule has 4 rings (SSSR count). The molecule has 0 aliphatic heterocycles. The Morgan fingerprint density at radius 3 is 2.52 bits per heavy atom. The molecule has 25 heavy (non-hydrogen) atoms. The van der Waals surface area contributed by atoms with Gasteiger partial charge in [0, 0.05) is 5.69 Å². The fraction of sp³-hybridized carbons (Fsp3) is 0.0500. The molecule has 0 unspecified atom stereocenters. The maximum Gasteiger partial charge on any atom is 0.257 e. The van der Waals surface area contributed by atoms with E-state index in [0.717, 1.165) is 0 Å². The van der Waals surface area contributed by atoms with E-state index in [-0.39, 0.29) is 17.0 Å². The minimum atomic E-state index is -0.314. The summed E-state index contributed by atoms with van der Waals surface area (Å²) in [6.45, 7) is 1.72. The van der Waals surface area contributed by atoms with E-state index < -0.39 is 0 Å². The van der Waals surface area contributed by atoms with E-state index in [2.05, 4.69) is 10.3 Å². The Morgan fingerprint density at radius 2 is 1.72 bits per heavy atom. The lowest BCUT2D eigenvalue weighted by molar-refractivity contribution is 0.102. The van der Waals surface area contributed by atoms with Crippen molar-refractivity contribution in [1.82, 2.24) is 4.98 Å². The molecule has 0 spiro atoms. The van der Waals surface area contributed by atoms with Gasteiger partial charge in [0.05, 0.1) is 22.0 Å². The Balaban J connectivity index is 1.86. The molecule has 1 amide bonds. The van der Waals surface area contributed by atoms with Gasteiger partial charge in [-0.15, -0.1) is 0 Å². The third-order valence-corrected chi connectivity index (χ3v) is 4.04. The number of benzene rings is 2. The van der Waals surface area contributed by atoms with E-state index in [1.54, 1.807) is 49.4 Å². The number of amides is 1. The smallest absolute Gasteiger partial charge is 0.257 e. The zero-order valence-corrected chi connectivity index (χ0v) is 13.4. The normalized spacial score (nSPS) is 10.9. The van der Waals surface area contributed by atoms with E-state index >= 15 is 0 Å². The van der Waals surface area contributed by atoms with E-state index in [1.165, 1.54) is 0 Å². The summed E-state index contributed by atoms with van der Waals surface area (Å²) < 4.78 is 5.72. The van der Waals surface area contributed by atoms with Gasteiger partial charge < -0.3 is 9.73 Å². The molecular formula is C20H14N2O3. The number of pyridine rings is 1. The number of carbonyl (C=O) groups is 1. The van der Waals surface area contributed by atoms with Crippen molar-refractivity contribution in [2.75, 3.05) is 5.32 Å². The molecule has 0 aliphatic rings. The number of hydrogen-bond acceptors (Lipinski definition) is 4. The zero-order chi connectivity index (χ0) is 17.4. The van der Waals surface area contributed by atoms with Gasteiger partial charge in [-0.1, -0.05) is 30.3 Å². The molecular weight excluding hydrogens is 316 g/mol. The number of hydrogen-bond donors (Lipinski definition) is 1. The van der Waals surface area contributed by atoms with Crippen molar-refractivity contribution in [1.29, 1.82) is 0 Å². The number of aryl methyl sites for hydroxylation is 1. The number of carbonyl (C=O) groups excluding carboxylic acids is 1. The highest BCUT2D eigenvalue weighted by atomic mass is 16.3. The summed E-state index contributed by atoms with van der Waals surface area (Å²) in [5.41, 5.74) is 2.04. The van der Waals surface area contributed by atoms with E-state index in [9.17, 15) is 9.59 Å². The molecule has 5 heteroatoms. The molecule has 1 N–H and O–H groups in total. The molecule has 2 aromatic carbocycles. The van der Waals surface area contributed by atoms with Crippen LogP contribution >= 0.6 is 0 Å². The number of aromatic nitrogens is 1. The van der Waals surface area contributed by atoms with Crippen LogP contribution in [-0.4, -0.2) is 10.9 Å². The Morgan fingerprint density at radius 1 is 1.00 bits per heavy atom. The number of para-hydroxylation sites is 2. The molecule has 2 aromatic heterocycles. The molecule has 0 fully saturated rings. The minimum Gasteiger partial charge on any atom is -0.437 e. The Hall–Kier alpha value is -3.47. The maximum atomic E-state index is 12.7. The highest BCUT2D eigenvalue weighted by Gasteiger charge is 2.16. The molecule has 0 aliphatic carbocycles. The Kier molecular flexibility index (Phi) is 3.54. The second-order valence-electron chi connectivity index (χ2n) is 5.72. The van der Waals surface area contributed by atoms with Crippen LogP contribution in [0.5, 0.6) is 0 Å². The summed E-state index contributed by atoms with van der Waals surface area (Å²) >= 11 is 0. The third-order valence-electron chi connectivity index (χ3n) is 4.04.